The molecule has 3 heterocycles. The van der Waals surface area contributed by atoms with Crippen LogP contribution in [0.25, 0.3) is 10.9 Å². The number of piperazine rings is 1. The van der Waals surface area contributed by atoms with Crippen LogP contribution in [0.5, 0.6) is 11.6 Å². The van der Waals surface area contributed by atoms with Gasteiger partial charge in [-0.25, -0.2) is 14.4 Å². The van der Waals surface area contributed by atoms with E-state index in [0.29, 0.717) is 11.2 Å². The molecule has 1 N–H and O–H groups in total. The fourth-order valence-electron chi connectivity index (χ4n) is 4.53. The predicted octanol–water partition coefficient (Wildman–Crippen LogP) is 4.97. The molecule has 8 nitrogen and oxygen atoms in total. The maximum absolute atomic E-state index is 15.2. The number of anilines is 3. The van der Waals surface area contributed by atoms with Gasteiger partial charge in [0.25, 0.3) is 0 Å². The van der Waals surface area contributed by atoms with Gasteiger partial charge in [0, 0.05) is 55.7 Å². The molecule has 4 aromatic rings. The first-order valence-corrected chi connectivity index (χ1v) is 12.0. The van der Waals surface area contributed by atoms with Gasteiger partial charge in [-0.1, -0.05) is 6.92 Å². The van der Waals surface area contributed by atoms with Crippen LogP contribution < -0.4 is 15.0 Å². The Bertz CT molecular complexity index is 1430. The molecule has 5 rings (SSSR count). The van der Waals surface area contributed by atoms with E-state index in [1.54, 1.807) is 18.2 Å². The Morgan fingerprint density at radius 1 is 1.08 bits per heavy atom. The average Bonchev–Trinajstić information content (AvgIpc) is 3.20. The molecule has 2 aromatic heterocycles. The van der Waals surface area contributed by atoms with Crippen LogP contribution in [0.4, 0.5) is 21.6 Å². The van der Waals surface area contributed by atoms with Crippen molar-refractivity contribution in [1.82, 2.24) is 19.4 Å². The molecule has 0 unspecified atom stereocenters. The largest absolute Gasteiger partial charge is 0.434 e. The maximum atomic E-state index is 15.2. The second-order valence-corrected chi connectivity index (χ2v) is 8.86. The van der Waals surface area contributed by atoms with Gasteiger partial charge in [-0.05, 0) is 55.9 Å². The number of ether oxygens (including phenoxy) is 1. The van der Waals surface area contributed by atoms with Gasteiger partial charge in [-0.15, -0.1) is 0 Å². The van der Waals surface area contributed by atoms with Crippen LogP contribution in [0.3, 0.4) is 0 Å². The molecular formula is C27H28FN7O. The lowest BCUT2D eigenvalue weighted by Gasteiger charge is -2.35. The van der Waals surface area contributed by atoms with Crippen LogP contribution in [-0.2, 0) is 7.05 Å². The first-order valence-electron chi connectivity index (χ1n) is 12.0. The number of halogens is 1. The van der Waals surface area contributed by atoms with Crippen LogP contribution >= 0.6 is 0 Å². The van der Waals surface area contributed by atoms with Crippen molar-refractivity contribution in [2.45, 2.75) is 13.8 Å². The molecule has 9 heteroatoms. The van der Waals surface area contributed by atoms with Crippen molar-refractivity contribution < 1.29 is 9.13 Å². The smallest absolute Gasteiger partial charge is 0.242 e. The van der Waals surface area contributed by atoms with E-state index in [2.05, 4.69) is 50.2 Å². The van der Waals surface area contributed by atoms with Gasteiger partial charge in [0.15, 0.2) is 22.9 Å². The van der Waals surface area contributed by atoms with Crippen molar-refractivity contribution in [1.29, 1.82) is 5.26 Å². The molecule has 0 saturated carbocycles. The summed E-state index contributed by atoms with van der Waals surface area (Å²) < 4.78 is 22.9. The lowest BCUT2D eigenvalue weighted by atomic mass is 10.2. The van der Waals surface area contributed by atoms with Crippen LogP contribution in [-0.4, -0.2) is 52.2 Å². The molecule has 1 aliphatic heterocycles. The van der Waals surface area contributed by atoms with E-state index >= 15 is 4.39 Å². The minimum Gasteiger partial charge on any atom is -0.434 e. The van der Waals surface area contributed by atoms with Crippen molar-refractivity contribution in [2.24, 2.45) is 7.05 Å². The lowest BCUT2D eigenvalue weighted by molar-refractivity contribution is 0.271. The third-order valence-electron chi connectivity index (χ3n) is 6.81. The summed E-state index contributed by atoms with van der Waals surface area (Å²) in [7, 11) is 1.88. The van der Waals surface area contributed by atoms with Crippen molar-refractivity contribution in [2.75, 3.05) is 42.9 Å². The Kier molecular flexibility index (Phi) is 6.44. The van der Waals surface area contributed by atoms with Gasteiger partial charge in [-0.2, -0.15) is 5.26 Å². The number of fused-ring (bicyclic) bond motifs is 1. The number of nitriles is 1. The van der Waals surface area contributed by atoms with Crippen molar-refractivity contribution >= 4 is 28.1 Å². The molecule has 1 saturated heterocycles. The van der Waals surface area contributed by atoms with Gasteiger partial charge < -0.3 is 24.4 Å². The highest BCUT2D eigenvalue weighted by Crippen LogP contribution is 2.33. The van der Waals surface area contributed by atoms with Crippen molar-refractivity contribution in [3.63, 3.8) is 0 Å². The third kappa shape index (κ3) is 4.43. The highest BCUT2D eigenvalue weighted by atomic mass is 19.1. The number of likely N-dealkylation sites (N-methyl/N-ethyl adjacent to an activating group) is 1. The minimum atomic E-state index is -0.497. The van der Waals surface area contributed by atoms with Gasteiger partial charge in [-0.3, -0.25) is 0 Å². The number of hydrogen-bond acceptors (Lipinski definition) is 7. The van der Waals surface area contributed by atoms with E-state index in [0.717, 1.165) is 55.3 Å². The fraction of sp³-hybridized carbons (Fsp3) is 0.296. The van der Waals surface area contributed by atoms with E-state index in [9.17, 15) is 5.26 Å². The van der Waals surface area contributed by atoms with Gasteiger partial charge >= 0.3 is 0 Å². The zero-order valence-electron chi connectivity index (χ0n) is 20.6. The minimum absolute atomic E-state index is 0.00164. The number of rotatable bonds is 6. The molecule has 0 radical (unpaired) electrons. The quantitative estimate of drug-likeness (QED) is 0.413. The Morgan fingerprint density at radius 2 is 1.83 bits per heavy atom. The van der Waals surface area contributed by atoms with E-state index in [-0.39, 0.29) is 17.2 Å². The molecule has 0 atom stereocenters. The zero-order valence-corrected chi connectivity index (χ0v) is 20.6. The molecule has 184 valence electrons. The Morgan fingerprint density at radius 3 is 2.53 bits per heavy atom. The van der Waals surface area contributed by atoms with E-state index < -0.39 is 5.82 Å². The Labute approximate surface area is 209 Å². The molecular weight excluding hydrogens is 457 g/mol. The number of nitrogens with one attached hydrogen (secondary N) is 1. The van der Waals surface area contributed by atoms with E-state index in [1.807, 2.05) is 30.7 Å². The second kappa shape index (κ2) is 9.84. The Hall–Kier alpha value is -4.16. The zero-order chi connectivity index (χ0) is 25.2. The third-order valence-corrected chi connectivity index (χ3v) is 6.81. The topological polar surface area (TPSA) is 82.2 Å². The van der Waals surface area contributed by atoms with E-state index in [1.165, 1.54) is 6.33 Å². The molecule has 0 bridgehead atoms. The summed E-state index contributed by atoms with van der Waals surface area (Å²) in [6, 6.07) is 15.2. The lowest BCUT2D eigenvalue weighted by Crippen LogP contribution is -2.46. The summed E-state index contributed by atoms with van der Waals surface area (Å²) in [4.78, 5) is 13.1. The second-order valence-electron chi connectivity index (χ2n) is 8.86. The molecule has 0 aliphatic carbocycles. The summed E-state index contributed by atoms with van der Waals surface area (Å²) in [5.41, 5.74) is 3.73. The summed E-state index contributed by atoms with van der Waals surface area (Å²) in [5.74, 6) is -0.208. The molecule has 2 aromatic carbocycles. The van der Waals surface area contributed by atoms with Gasteiger partial charge in [0.1, 0.15) is 12.4 Å². The highest BCUT2D eigenvalue weighted by molar-refractivity contribution is 5.83. The van der Waals surface area contributed by atoms with Crippen LogP contribution in [0.2, 0.25) is 0 Å². The van der Waals surface area contributed by atoms with Crippen molar-refractivity contribution in [3.05, 3.63) is 65.9 Å². The standard InChI is InChI=1S/C27H28FN7O/c1-4-34-11-13-35(14-12-34)20-7-5-19(6-8-20)32-26-22(16-29)27(31-17-30-26)36-24-10-9-23-21(25(24)28)15-18(2)33(23)3/h5-10,15,17H,4,11-14H2,1-3H3,(H,30,31,32). The predicted molar refractivity (Wildman–Crippen MR) is 138 cm³/mol. The summed E-state index contributed by atoms with van der Waals surface area (Å²) in [5, 5.41) is 13.5. The molecule has 1 fully saturated rings. The molecule has 36 heavy (non-hydrogen) atoms. The number of benzene rings is 2. The average molecular weight is 486 g/mol. The first kappa shape index (κ1) is 23.6. The van der Waals surface area contributed by atoms with Crippen LogP contribution in [0.1, 0.15) is 18.2 Å². The van der Waals surface area contributed by atoms with Gasteiger partial charge in [0.05, 0.1) is 5.52 Å². The summed E-state index contributed by atoms with van der Waals surface area (Å²) in [6.45, 7) is 9.29. The van der Waals surface area contributed by atoms with Gasteiger partial charge in [0.2, 0.25) is 5.88 Å². The number of hydrogen-bond donors (Lipinski definition) is 1. The molecule has 0 spiro atoms. The number of aryl methyl sites for hydroxylation is 2. The number of nitrogens with zero attached hydrogens (tertiary/aromatic N) is 6. The van der Waals surface area contributed by atoms with Crippen molar-refractivity contribution in [3.8, 4) is 17.7 Å². The SMILES string of the molecule is CCN1CCN(c2ccc(Nc3ncnc(Oc4ccc5c(cc(C)n5C)c4F)c3C#N)cc2)CC1. The fourth-order valence-corrected chi connectivity index (χ4v) is 4.53. The van der Waals surface area contributed by atoms with Crippen LogP contribution in [0, 0.1) is 24.1 Å². The van der Waals surface area contributed by atoms with Crippen LogP contribution in [0.15, 0.2) is 48.8 Å². The highest BCUT2D eigenvalue weighted by Gasteiger charge is 2.19. The maximum Gasteiger partial charge on any atom is 0.242 e. The number of aromatic nitrogens is 3. The Balaban J connectivity index is 1.35. The summed E-state index contributed by atoms with van der Waals surface area (Å²) >= 11 is 0. The summed E-state index contributed by atoms with van der Waals surface area (Å²) in [6.07, 6.45) is 1.29. The molecule has 1 aliphatic rings. The monoisotopic (exact) mass is 485 g/mol. The molecule has 0 amide bonds. The normalized spacial score (nSPS) is 14.1. The first-order chi connectivity index (χ1) is 17.5. The van der Waals surface area contributed by atoms with E-state index in [4.69, 9.17) is 4.74 Å².